The molecule has 1 nitrogen and oxygen atoms in total. The van der Waals surface area contributed by atoms with Gasteiger partial charge in [0.05, 0.1) is 0 Å². The molecule has 3 rings (SSSR count). The van der Waals surface area contributed by atoms with Gasteiger partial charge in [-0.15, -0.1) is 0 Å². The topological polar surface area (TPSA) is 17.1 Å². The molecule has 0 heterocycles. The van der Waals surface area contributed by atoms with Crippen molar-refractivity contribution in [2.45, 2.75) is 18.3 Å². The van der Waals surface area contributed by atoms with Gasteiger partial charge in [-0.3, -0.25) is 4.79 Å². The lowest BCUT2D eigenvalue weighted by Gasteiger charge is -2.19. The second kappa shape index (κ2) is 3.36. The lowest BCUT2D eigenvalue weighted by Crippen LogP contribution is -2.14. The van der Waals surface area contributed by atoms with E-state index in [0.29, 0.717) is 17.6 Å². The molecular formula is C14H10F2O. The van der Waals surface area contributed by atoms with Crippen molar-refractivity contribution in [1.29, 1.82) is 0 Å². The number of aldehydes is 1. The number of hydrogen-bond acceptors (Lipinski definition) is 1. The van der Waals surface area contributed by atoms with Gasteiger partial charge < -0.3 is 0 Å². The lowest BCUT2D eigenvalue weighted by atomic mass is 9.86. The molecule has 86 valence electrons. The molecule has 1 aromatic carbocycles. The smallest absolute Gasteiger partial charge is 0.295 e. The Morgan fingerprint density at radius 3 is 2.76 bits per heavy atom. The maximum Gasteiger partial charge on any atom is 0.295 e. The van der Waals surface area contributed by atoms with E-state index >= 15 is 0 Å². The van der Waals surface area contributed by atoms with E-state index in [0.717, 1.165) is 6.29 Å². The van der Waals surface area contributed by atoms with E-state index in [2.05, 4.69) is 0 Å². The number of carbonyl (C=O) groups excluding carboxylic acids is 1. The number of benzene rings is 1. The van der Waals surface area contributed by atoms with Crippen molar-refractivity contribution in [3.8, 4) is 0 Å². The molecule has 0 fully saturated rings. The zero-order chi connectivity index (χ0) is 12.0. The summed E-state index contributed by atoms with van der Waals surface area (Å²) in [6, 6.07) is 6.58. The van der Waals surface area contributed by atoms with Crippen molar-refractivity contribution < 1.29 is 13.6 Å². The summed E-state index contributed by atoms with van der Waals surface area (Å²) >= 11 is 0. The summed E-state index contributed by atoms with van der Waals surface area (Å²) in [6.07, 6.45) is 4.02. The molecule has 0 saturated carbocycles. The van der Waals surface area contributed by atoms with Crippen LogP contribution in [0.4, 0.5) is 8.78 Å². The molecular weight excluding hydrogens is 222 g/mol. The summed E-state index contributed by atoms with van der Waals surface area (Å²) < 4.78 is 28.2. The maximum absolute atomic E-state index is 14.1. The van der Waals surface area contributed by atoms with Gasteiger partial charge in [-0.05, 0) is 17.6 Å². The number of allylic oxidation sites excluding steroid dienone is 4. The van der Waals surface area contributed by atoms with Gasteiger partial charge in [-0.1, -0.05) is 36.4 Å². The van der Waals surface area contributed by atoms with Crippen LogP contribution in [0, 0.1) is 0 Å². The van der Waals surface area contributed by atoms with Crippen LogP contribution in [-0.2, 0) is 10.7 Å². The van der Waals surface area contributed by atoms with Crippen LogP contribution in [0.3, 0.4) is 0 Å². The molecule has 0 aliphatic heterocycles. The molecule has 17 heavy (non-hydrogen) atoms. The highest BCUT2D eigenvalue weighted by atomic mass is 19.3. The molecule has 0 amide bonds. The standard InChI is InChI=1S/C14H10F2O/c15-14(16)12-4-2-1-3-10(12)11-7-9(8-17)5-6-13(11)14/h1-6,8,11H,7H2. The molecule has 2 aliphatic carbocycles. The van der Waals surface area contributed by atoms with Crippen molar-refractivity contribution in [3.63, 3.8) is 0 Å². The monoisotopic (exact) mass is 232 g/mol. The number of fused-ring (bicyclic) bond motifs is 3. The lowest BCUT2D eigenvalue weighted by molar-refractivity contribution is -0.105. The molecule has 0 radical (unpaired) electrons. The number of halogens is 2. The van der Waals surface area contributed by atoms with Crippen LogP contribution in [0.15, 0.2) is 47.6 Å². The van der Waals surface area contributed by atoms with Crippen LogP contribution in [0.2, 0.25) is 0 Å². The minimum atomic E-state index is -2.90. The van der Waals surface area contributed by atoms with Crippen molar-refractivity contribution >= 4 is 6.29 Å². The van der Waals surface area contributed by atoms with Crippen LogP contribution >= 0.6 is 0 Å². The Hall–Kier alpha value is -1.77. The van der Waals surface area contributed by atoms with Gasteiger partial charge in [-0.2, -0.15) is 8.78 Å². The third kappa shape index (κ3) is 1.32. The van der Waals surface area contributed by atoms with Gasteiger partial charge in [0.1, 0.15) is 6.29 Å². The summed E-state index contributed by atoms with van der Waals surface area (Å²) in [5, 5.41) is 0. The van der Waals surface area contributed by atoms with Gasteiger partial charge >= 0.3 is 0 Å². The van der Waals surface area contributed by atoms with Gasteiger partial charge in [-0.25, -0.2) is 0 Å². The van der Waals surface area contributed by atoms with E-state index < -0.39 is 5.92 Å². The Kier molecular flexibility index (Phi) is 2.05. The average molecular weight is 232 g/mol. The first-order chi connectivity index (χ1) is 8.14. The minimum absolute atomic E-state index is 0.0804. The Bertz CT molecular complexity index is 555. The zero-order valence-corrected chi connectivity index (χ0v) is 8.99. The molecule has 1 unspecified atom stereocenters. The Morgan fingerprint density at radius 2 is 2.00 bits per heavy atom. The molecule has 1 aromatic rings. The highest BCUT2D eigenvalue weighted by Crippen LogP contribution is 2.55. The van der Waals surface area contributed by atoms with Crippen molar-refractivity contribution in [3.05, 3.63) is 58.7 Å². The molecule has 0 saturated heterocycles. The molecule has 0 N–H and O–H groups in total. The van der Waals surface area contributed by atoms with Crippen LogP contribution in [0.1, 0.15) is 23.5 Å². The first kappa shape index (κ1) is 10.4. The van der Waals surface area contributed by atoms with E-state index in [-0.39, 0.29) is 17.1 Å². The van der Waals surface area contributed by atoms with E-state index in [9.17, 15) is 13.6 Å². The summed E-state index contributed by atoms with van der Waals surface area (Å²) in [6.45, 7) is 0. The summed E-state index contributed by atoms with van der Waals surface area (Å²) in [5.74, 6) is -3.24. The van der Waals surface area contributed by atoms with E-state index in [1.54, 1.807) is 18.2 Å². The summed E-state index contributed by atoms with van der Waals surface area (Å²) in [4.78, 5) is 10.7. The molecule has 2 aliphatic rings. The van der Waals surface area contributed by atoms with Gasteiger partial charge in [0.25, 0.3) is 5.92 Å². The zero-order valence-electron chi connectivity index (χ0n) is 8.99. The van der Waals surface area contributed by atoms with Crippen LogP contribution in [-0.4, -0.2) is 6.29 Å². The molecule has 0 aromatic heterocycles. The minimum Gasteiger partial charge on any atom is -0.298 e. The number of carbonyl (C=O) groups is 1. The van der Waals surface area contributed by atoms with E-state index in [1.165, 1.54) is 18.2 Å². The fraction of sp³-hybridized carbons (Fsp3) is 0.214. The van der Waals surface area contributed by atoms with Crippen LogP contribution in [0.5, 0.6) is 0 Å². The quantitative estimate of drug-likeness (QED) is 0.679. The van der Waals surface area contributed by atoms with Gasteiger partial charge in [0, 0.05) is 17.1 Å². The van der Waals surface area contributed by atoms with Crippen molar-refractivity contribution in [2.75, 3.05) is 0 Å². The Morgan fingerprint density at radius 1 is 1.24 bits per heavy atom. The Labute approximate surface area is 97.5 Å². The number of hydrogen-bond donors (Lipinski definition) is 0. The molecule has 0 spiro atoms. The first-order valence-corrected chi connectivity index (χ1v) is 5.48. The summed E-state index contributed by atoms with van der Waals surface area (Å²) in [7, 11) is 0. The van der Waals surface area contributed by atoms with E-state index in [1.807, 2.05) is 0 Å². The molecule has 1 atom stereocenters. The molecule has 3 heteroatoms. The van der Waals surface area contributed by atoms with E-state index in [4.69, 9.17) is 0 Å². The predicted octanol–water partition coefficient (Wildman–Crippen LogP) is 3.33. The first-order valence-electron chi connectivity index (χ1n) is 5.48. The highest BCUT2D eigenvalue weighted by Gasteiger charge is 2.49. The SMILES string of the molecule is O=CC1=CC=C2C(C1)c1ccccc1C2(F)F. The summed E-state index contributed by atoms with van der Waals surface area (Å²) in [5.41, 5.74) is 1.42. The number of alkyl halides is 2. The fourth-order valence-corrected chi connectivity index (χ4v) is 2.66. The Balaban J connectivity index is 2.19. The highest BCUT2D eigenvalue weighted by molar-refractivity contribution is 5.76. The normalized spacial score (nSPS) is 24.5. The third-order valence-corrected chi connectivity index (χ3v) is 3.48. The second-order valence-electron chi connectivity index (χ2n) is 4.40. The van der Waals surface area contributed by atoms with Gasteiger partial charge in [0.15, 0.2) is 0 Å². The maximum atomic E-state index is 14.1. The van der Waals surface area contributed by atoms with Crippen molar-refractivity contribution in [1.82, 2.24) is 0 Å². The van der Waals surface area contributed by atoms with Crippen LogP contribution in [0.25, 0.3) is 0 Å². The third-order valence-electron chi connectivity index (χ3n) is 3.48. The van der Waals surface area contributed by atoms with Crippen LogP contribution < -0.4 is 0 Å². The fourth-order valence-electron chi connectivity index (χ4n) is 2.66. The largest absolute Gasteiger partial charge is 0.298 e. The average Bonchev–Trinajstić information content (AvgIpc) is 2.59. The van der Waals surface area contributed by atoms with Gasteiger partial charge in [0.2, 0.25) is 0 Å². The predicted molar refractivity (Wildman–Crippen MR) is 59.9 cm³/mol. The number of rotatable bonds is 1. The second-order valence-corrected chi connectivity index (χ2v) is 4.40. The van der Waals surface area contributed by atoms with Crippen molar-refractivity contribution in [2.24, 2.45) is 0 Å². The molecule has 0 bridgehead atoms.